The number of hydrogen-bond donors (Lipinski definition) is 1. The number of aromatic nitrogens is 4. The highest BCUT2D eigenvalue weighted by atomic mass is 16.5. The minimum Gasteiger partial charge on any atom is -0.378 e. The van der Waals surface area contributed by atoms with E-state index in [9.17, 15) is 9.59 Å². The van der Waals surface area contributed by atoms with Gasteiger partial charge in [-0.1, -0.05) is 0 Å². The molecule has 0 aliphatic carbocycles. The van der Waals surface area contributed by atoms with Crippen molar-refractivity contribution in [3.8, 4) is 0 Å². The van der Waals surface area contributed by atoms with E-state index in [-0.39, 0.29) is 24.8 Å². The minimum atomic E-state index is -0.136. The number of carbonyl (C=O) groups is 2. The third-order valence-electron chi connectivity index (χ3n) is 4.57. The van der Waals surface area contributed by atoms with Gasteiger partial charge in [0.25, 0.3) is 0 Å². The molecule has 2 aromatic heterocycles. The van der Waals surface area contributed by atoms with Crippen LogP contribution in [0.1, 0.15) is 17.0 Å². The first-order valence-corrected chi connectivity index (χ1v) is 8.61. The van der Waals surface area contributed by atoms with E-state index in [0.29, 0.717) is 32.0 Å². The lowest BCUT2D eigenvalue weighted by Gasteiger charge is -2.26. The smallest absolute Gasteiger partial charge is 0.244 e. The van der Waals surface area contributed by atoms with Crippen LogP contribution in [0.5, 0.6) is 0 Å². The fraction of sp³-hybridized carbons (Fsp3) is 0.529. The molecule has 9 heteroatoms. The number of ether oxygens (including phenoxy) is 1. The van der Waals surface area contributed by atoms with E-state index in [4.69, 9.17) is 4.74 Å². The Bertz CT molecular complexity index is 804. The molecule has 0 unspecified atom stereocenters. The summed E-state index contributed by atoms with van der Waals surface area (Å²) in [5.41, 5.74) is 3.33. The van der Waals surface area contributed by atoms with Crippen LogP contribution in [0.2, 0.25) is 0 Å². The molecule has 3 heterocycles. The molecule has 9 nitrogen and oxygen atoms in total. The second kappa shape index (κ2) is 7.69. The largest absolute Gasteiger partial charge is 0.378 e. The van der Waals surface area contributed by atoms with Crippen LogP contribution in [0.4, 0.5) is 5.69 Å². The lowest BCUT2D eigenvalue weighted by atomic mass is 10.1. The highest BCUT2D eigenvalue weighted by molar-refractivity contribution is 5.92. The van der Waals surface area contributed by atoms with Crippen LogP contribution in [0, 0.1) is 13.8 Å². The molecule has 3 rings (SSSR count). The number of carbonyl (C=O) groups excluding carboxylic acids is 2. The van der Waals surface area contributed by atoms with Crippen molar-refractivity contribution in [2.45, 2.75) is 26.8 Å². The Labute approximate surface area is 151 Å². The number of nitrogens with zero attached hydrogens (tertiary/aromatic N) is 5. The van der Waals surface area contributed by atoms with Crippen molar-refractivity contribution in [2.75, 3.05) is 31.6 Å². The molecular weight excluding hydrogens is 336 g/mol. The van der Waals surface area contributed by atoms with Gasteiger partial charge in [0, 0.05) is 37.6 Å². The third kappa shape index (κ3) is 4.10. The highest BCUT2D eigenvalue weighted by Gasteiger charge is 2.18. The predicted octanol–water partition coefficient (Wildman–Crippen LogP) is 0.273. The van der Waals surface area contributed by atoms with Gasteiger partial charge < -0.3 is 15.0 Å². The van der Waals surface area contributed by atoms with Crippen molar-refractivity contribution in [1.29, 1.82) is 0 Å². The first-order valence-electron chi connectivity index (χ1n) is 8.61. The number of hydrogen-bond acceptors (Lipinski definition) is 5. The van der Waals surface area contributed by atoms with E-state index in [1.54, 1.807) is 22.0 Å². The standard InChI is InChI=1S/C17H24N6O3/c1-12-15(13(2)21(3)20-12)8-16(24)19-14-9-18-23(10-14)11-17(25)22-4-6-26-7-5-22/h9-10H,4-8,11H2,1-3H3,(H,19,24). The van der Waals surface area contributed by atoms with Crippen molar-refractivity contribution >= 4 is 17.5 Å². The zero-order valence-electron chi connectivity index (χ0n) is 15.4. The lowest BCUT2D eigenvalue weighted by Crippen LogP contribution is -2.42. The summed E-state index contributed by atoms with van der Waals surface area (Å²) in [6, 6.07) is 0. The number of amides is 2. The predicted molar refractivity (Wildman–Crippen MR) is 94.6 cm³/mol. The summed E-state index contributed by atoms with van der Waals surface area (Å²) in [6.45, 7) is 6.33. The first-order chi connectivity index (χ1) is 12.4. The van der Waals surface area contributed by atoms with Crippen LogP contribution in [0.15, 0.2) is 12.4 Å². The second-order valence-corrected chi connectivity index (χ2v) is 6.42. The Balaban J connectivity index is 1.56. The summed E-state index contributed by atoms with van der Waals surface area (Å²) >= 11 is 0. The van der Waals surface area contributed by atoms with Gasteiger partial charge in [-0.15, -0.1) is 0 Å². The van der Waals surface area contributed by atoms with Crippen molar-refractivity contribution in [1.82, 2.24) is 24.5 Å². The Morgan fingerprint density at radius 1 is 1.27 bits per heavy atom. The number of rotatable bonds is 5. The van der Waals surface area contributed by atoms with Gasteiger partial charge in [-0.05, 0) is 13.8 Å². The van der Waals surface area contributed by atoms with Crippen LogP contribution >= 0.6 is 0 Å². The molecule has 0 atom stereocenters. The Morgan fingerprint density at radius 2 is 2.00 bits per heavy atom. The number of morpholine rings is 1. The second-order valence-electron chi connectivity index (χ2n) is 6.42. The zero-order chi connectivity index (χ0) is 18.7. The van der Waals surface area contributed by atoms with Crippen LogP contribution in [-0.2, 0) is 34.3 Å². The SMILES string of the molecule is Cc1nn(C)c(C)c1CC(=O)Nc1cnn(CC(=O)N2CCOCC2)c1. The van der Waals surface area contributed by atoms with E-state index in [2.05, 4.69) is 15.5 Å². The number of nitrogens with one attached hydrogen (secondary N) is 1. The average Bonchev–Trinajstić information content (AvgIpc) is 3.15. The van der Waals surface area contributed by atoms with Crippen LogP contribution < -0.4 is 5.32 Å². The van der Waals surface area contributed by atoms with Gasteiger partial charge in [0.05, 0.1) is 37.2 Å². The maximum atomic E-state index is 12.3. The fourth-order valence-corrected chi connectivity index (χ4v) is 3.00. The topological polar surface area (TPSA) is 94.3 Å². The Hall–Kier alpha value is -2.68. The Morgan fingerprint density at radius 3 is 2.65 bits per heavy atom. The van der Waals surface area contributed by atoms with E-state index in [1.807, 2.05) is 20.9 Å². The molecule has 1 saturated heterocycles. The van der Waals surface area contributed by atoms with Gasteiger partial charge in [0.15, 0.2) is 0 Å². The molecule has 1 aliphatic heterocycles. The van der Waals surface area contributed by atoms with Crippen LogP contribution in [0.3, 0.4) is 0 Å². The van der Waals surface area contributed by atoms with Crippen molar-refractivity contribution in [3.05, 3.63) is 29.3 Å². The molecule has 26 heavy (non-hydrogen) atoms. The summed E-state index contributed by atoms with van der Waals surface area (Å²) in [4.78, 5) is 26.3. The van der Waals surface area contributed by atoms with Gasteiger partial charge in [-0.3, -0.25) is 19.0 Å². The normalized spacial score (nSPS) is 14.5. The van der Waals surface area contributed by atoms with Gasteiger partial charge in [-0.25, -0.2) is 0 Å². The molecular formula is C17H24N6O3. The zero-order valence-corrected chi connectivity index (χ0v) is 15.4. The number of aryl methyl sites for hydroxylation is 2. The van der Waals surface area contributed by atoms with E-state index in [1.165, 1.54) is 4.68 Å². The molecule has 0 aromatic carbocycles. The monoisotopic (exact) mass is 360 g/mol. The maximum absolute atomic E-state index is 12.3. The molecule has 2 amide bonds. The molecule has 0 saturated carbocycles. The number of anilines is 1. The van der Waals surface area contributed by atoms with Gasteiger partial charge >= 0.3 is 0 Å². The van der Waals surface area contributed by atoms with Crippen LogP contribution in [0.25, 0.3) is 0 Å². The van der Waals surface area contributed by atoms with Crippen molar-refractivity contribution < 1.29 is 14.3 Å². The van der Waals surface area contributed by atoms with Crippen LogP contribution in [-0.4, -0.2) is 62.6 Å². The molecule has 0 spiro atoms. The van der Waals surface area contributed by atoms with Crippen molar-refractivity contribution in [3.63, 3.8) is 0 Å². The summed E-state index contributed by atoms with van der Waals surface area (Å²) in [5.74, 6) is -0.140. The Kier molecular flexibility index (Phi) is 5.36. The molecule has 1 N–H and O–H groups in total. The lowest BCUT2D eigenvalue weighted by molar-refractivity contribution is -0.136. The summed E-state index contributed by atoms with van der Waals surface area (Å²) in [6.07, 6.45) is 3.47. The molecule has 1 aliphatic rings. The minimum absolute atomic E-state index is 0.00381. The quantitative estimate of drug-likeness (QED) is 0.826. The first kappa shape index (κ1) is 18.1. The summed E-state index contributed by atoms with van der Waals surface area (Å²) < 4.78 is 8.55. The van der Waals surface area contributed by atoms with Crippen molar-refractivity contribution in [2.24, 2.45) is 7.05 Å². The van der Waals surface area contributed by atoms with Gasteiger partial charge in [0.1, 0.15) is 6.54 Å². The molecule has 2 aromatic rings. The van der Waals surface area contributed by atoms with E-state index >= 15 is 0 Å². The molecule has 0 bridgehead atoms. The highest BCUT2D eigenvalue weighted by Crippen LogP contribution is 2.14. The molecule has 140 valence electrons. The maximum Gasteiger partial charge on any atom is 0.244 e. The fourth-order valence-electron chi connectivity index (χ4n) is 3.00. The summed E-state index contributed by atoms with van der Waals surface area (Å²) in [5, 5.41) is 11.3. The molecule has 1 fully saturated rings. The van der Waals surface area contributed by atoms with E-state index in [0.717, 1.165) is 17.0 Å². The molecule has 0 radical (unpaired) electrons. The average molecular weight is 360 g/mol. The third-order valence-corrected chi connectivity index (χ3v) is 4.57. The summed E-state index contributed by atoms with van der Waals surface area (Å²) in [7, 11) is 1.86. The van der Waals surface area contributed by atoms with Gasteiger partial charge in [-0.2, -0.15) is 10.2 Å². The van der Waals surface area contributed by atoms with E-state index < -0.39 is 0 Å². The van der Waals surface area contributed by atoms with Gasteiger partial charge in [0.2, 0.25) is 11.8 Å².